The number of aryl methyl sites for hydroxylation is 1. The summed E-state index contributed by atoms with van der Waals surface area (Å²) < 4.78 is 3.73. The zero-order chi connectivity index (χ0) is 17.9. The summed E-state index contributed by atoms with van der Waals surface area (Å²) in [5.74, 6) is -0.174. The number of carbonyl (C=O) groups is 1. The van der Waals surface area contributed by atoms with E-state index in [-0.39, 0.29) is 5.91 Å². The summed E-state index contributed by atoms with van der Waals surface area (Å²) in [6.07, 6.45) is 4.65. The molecule has 2 aromatic heterocycles. The van der Waals surface area contributed by atoms with Gasteiger partial charge in [0.2, 0.25) is 0 Å². The average Bonchev–Trinajstić information content (AvgIpc) is 3.32. The van der Waals surface area contributed by atoms with E-state index in [0.717, 1.165) is 29.7 Å². The number of aromatic nitrogens is 5. The predicted molar refractivity (Wildman–Crippen MR) is 99.3 cm³/mol. The first-order valence-electron chi connectivity index (χ1n) is 8.48. The molecule has 0 aliphatic rings. The Morgan fingerprint density at radius 2 is 2.08 bits per heavy atom. The molecule has 2 heterocycles. The maximum atomic E-state index is 12.6. The number of fused-ring (bicyclic) bond motifs is 1. The Morgan fingerprint density at radius 1 is 1.15 bits per heavy atom. The Bertz CT molecular complexity index is 1050. The number of nitrogens with zero attached hydrogens (tertiary/aromatic N) is 5. The Morgan fingerprint density at radius 3 is 2.88 bits per heavy atom. The fourth-order valence-corrected chi connectivity index (χ4v) is 2.99. The molecule has 7 nitrogen and oxygen atoms in total. The summed E-state index contributed by atoms with van der Waals surface area (Å²) in [5, 5.41) is 15.1. The number of amides is 1. The van der Waals surface area contributed by atoms with Gasteiger partial charge in [-0.25, -0.2) is 4.68 Å². The van der Waals surface area contributed by atoms with Gasteiger partial charge in [0.05, 0.1) is 5.69 Å². The maximum absolute atomic E-state index is 12.6. The molecule has 26 heavy (non-hydrogen) atoms. The van der Waals surface area contributed by atoms with E-state index < -0.39 is 0 Å². The topological polar surface area (TPSA) is 77.6 Å². The van der Waals surface area contributed by atoms with E-state index in [1.165, 1.54) is 16.5 Å². The van der Waals surface area contributed by atoms with Crippen LogP contribution in [0, 0.1) is 0 Å². The molecule has 0 saturated carbocycles. The van der Waals surface area contributed by atoms with Crippen molar-refractivity contribution in [3.63, 3.8) is 0 Å². The van der Waals surface area contributed by atoms with Gasteiger partial charge in [-0.1, -0.05) is 13.0 Å². The number of anilines is 1. The van der Waals surface area contributed by atoms with Crippen LogP contribution in [-0.2, 0) is 6.54 Å². The van der Waals surface area contributed by atoms with Gasteiger partial charge in [0, 0.05) is 34.9 Å². The molecule has 0 unspecified atom stereocenters. The minimum Gasteiger partial charge on any atom is -0.347 e. The lowest BCUT2D eigenvalue weighted by atomic mass is 10.1. The molecule has 7 heteroatoms. The maximum Gasteiger partial charge on any atom is 0.255 e. The second-order valence-corrected chi connectivity index (χ2v) is 6.04. The van der Waals surface area contributed by atoms with Gasteiger partial charge >= 0.3 is 0 Å². The third-order valence-electron chi connectivity index (χ3n) is 4.22. The summed E-state index contributed by atoms with van der Waals surface area (Å²) in [6, 6.07) is 15.2. The first kappa shape index (κ1) is 16.0. The van der Waals surface area contributed by atoms with Crippen LogP contribution in [-0.4, -0.2) is 30.7 Å². The quantitative estimate of drug-likeness (QED) is 0.601. The molecule has 1 N–H and O–H groups in total. The molecule has 0 aliphatic carbocycles. The normalized spacial score (nSPS) is 11.0. The second-order valence-electron chi connectivity index (χ2n) is 6.04. The van der Waals surface area contributed by atoms with Gasteiger partial charge in [0.1, 0.15) is 6.33 Å². The highest BCUT2D eigenvalue weighted by molar-refractivity contribution is 6.05. The number of carbonyl (C=O) groups excluding carboxylic acids is 1. The van der Waals surface area contributed by atoms with E-state index in [9.17, 15) is 4.79 Å². The first-order chi connectivity index (χ1) is 12.7. The third kappa shape index (κ3) is 3.06. The highest BCUT2D eigenvalue weighted by atomic mass is 16.1. The molecule has 0 aliphatic heterocycles. The summed E-state index contributed by atoms with van der Waals surface area (Å²) >= 11 is 0. The van der Waals surface area contributed by atoms with Gasteiger partial charge in [-0.05, 0) is 59.3 Å². The van der Waals surface area contributed by atoms with Crippen molar-refractivity contribution in [2.24, 2.45) is 0 Å². The van der Waals surface area contributed by atoms with Gasteiger partial charge in [-0.3, -0.25) is 4.79 Å². The van der Waals surface area contributed by atoms with Crippen molar-refractivity contribution in [3.05, 3.63) is 66.6 Å². The van der Waals surface area contributed by atoms with Gasteiger partial charge in [0.25, 0.3) is 5.91 Å². The van der Waals surface area contributed by atoms with Crippen molar-refractivity contribution in [2.45, 2.75) is 19.9 Å². The fraction of sp³-hybridized carbons (Fsp3) is 0.158. The van der Waals surface area contributed by atoms with Crippen molar-refractivity contribution in [2.75, 3.05) is 5.32 Å². The fourth-order valence-electron chi connectivity index (χ4n) is 2.99. The molecule has 0 radical (unpaired) electrons. The minimum atomic E-state index is -0.174. The average molecular weight is 346 g/mol. The van der Waals surface area contributed by atoms with Crippen LogP contribution < -0.4 is 5.32 Å². The van der Waals surface area contributed by atoms with Crippen LogP contribution in [0.5, 0.6) is 0 Å². The summed E-state index contributed by atoms with van der Waals surface area (Å²) in [5.41, 5.74) is 3.21. The van der Waals surface area contributed by atoms with Crippen molar-refractivity contribution >= 4 is 22.5 Å². The van der Waals surface area contributed by atoms with E-state index in [1.54, 1.807) is 18.2 Å². The van der Waals surface area contributed by atoms with E-state index in [4.69, 9.17) is 0 Å². The molecule has 4 rings (SSSR count). The van der Waals surface area contributed by atoms with Crippen LogP contribution in [0.25, 0.3) is 16.6 Å². The Labute approximate surface area is 150 Å². The molecule has 0 fully saturated rings. The highest BCUT2D eigenvalue weighted by Gasteiger charge is 2.09. The molecular weight excluding hydrogens is 328 g/mol. The smallest absolute Gasteiger partial charge is 0.255 e. The van der Waals surface area contributed by atoms with Crippen LogP contribution in [0.15, 0.2) is 61.1 Å². The van der Waals surface area contributed by atoms with Crippen molar-refractivity contribution in [3.8, 4) is 5.69 Å². The minimum absolute atomic E-state index is 0.174. The summed E-state index contributed by atoms with van der Waals surface area (Å²) in [6.45, 7) is 3.14. The molecule has 0 atom stereocenters. The second kappa shape index (κ2) is 6.79. The molecule has 1 amide bonds. The van der Waals surface area contributed by atoms with E-state index in [2.05, 4.69) is 44.6 Å². The zero-order valence-electron chi connectivity index (χ0n) is 14.3. The monoisotopic (exact) mass is 346 g/mol. The van der Waals surface area contributed by atoms with Crippen LogP contribution in [0.1, 0.15) is 23.7 Å². The number of rotatable bonds is 5. The van der Waals surface area contributed by atoms with Gasteiger partial charge < -0.3 is 9.88 Å². The molecule has 0 saturated heterocycles. The molecule has 4 aromatic rings. The van der Waals surface area contributed by atoms with Crippen LogP contribution >= 0.6 is 0 Å². The molecule has 130 valence electrons. The van der Waals surface area contributed by atoms with Crippen LogP contribution in [0.3, 0.4) is 0 Å². The number of tetrazole rings is 1. The number of benzene rings is 2. The Hall–Kier alpha value is -3.48. The zero-order valence-corrected chi connectivity index (χ0v) is 14.3. The SMILES string of the molecule is CCCn1ccc2cc(NC(=O)c3cccc(-n4cnnn4)c3)ccc21. The summed E-state index contributed by atoms with van der Waals surface area (Å²) in [4.78, 5) is 12.6. The van der Waals surface area contributed by atoms with E-state index in [0.29, 0.717) is 5.56 Å². The van der Waals surface area contributed by atoms with Crippen LogP contribution in [0.4, 0.5) is 5.69 Å². The molecule has 0 spiro atoms. The van der Waals surface area contributed by atoms with E-state index >= 15 is 0 Å². The number of nitrogens with one attached hydrogen (secondary N) is 1. The lowest BCUT2D eigenvalue weighted by molar-refractivity contribution is 0.102. The standard InChI is InChI=1S/C19H18N6O/c1-2-9-24-10-8-14-11-16(6-7-18(14)24)21-19(26)15-4-3-5-17(12-15)25-13-20-22-23-25/h3-8,10-13H,2,9H2,1H3,(H,21,26). The van der Waals surface area contributed by atoms with Gasteiger partial charge in [-0.15, -0.1) is 5.10 Å². The van der Waals surface area contributed by atoms with E-state index in [1.807, 2.05) is 24.3 Å². The predicted octanol–water partition coefficient (Wildman–Crippen LogP) is 3.28. The van der Waals surface area contributed by atoms with Crippen molar-refractivity contribution in [1.82, 2.24) is 24.8 Å². The molecular formula is C19H18N6O. The largest absolute Gasteiger partial charge is 0.347 e. The number of hydrogen-bond donors (Lipinski definition) is 1. The molecule has 2 aromatic carbocycles. The van der Waals surface area contributed by atoms with Crippen molar-refractivity contribution in [1.29, 1.82) is 0 Å². The van der Waals surface area contributed by atoms with Crippen LogP contribution in [0.2, 0.25) is 0 Å². The van der Waals surface area contributed by atoms with Gasteiger partial charge in [0.15, 0.2) is 0 Å². The Kier molecular flexibility index (Phi) is 4.18. The third-order valence-corrected chi connectivity index (χ3v) is 4.22. The highest BCUT2D eigenvalue weighted by Crippen LogP contribution is 2.21. The molecule has 0 bridgehead atoms. The Balaban J connectivity index is 1.56. The summed E-state index contributed by atoms with van der Waals surface area (Å²) in [7, 11) is 0. The number of hydrogen-bond acceptors (Lipinski definition) is 4. The lowest BCUT2D eigenvalue weighted by Crippen LogP contribution is -2.12. The first-order valence-corrected chi connectivity index (χ1v) is 8.48. The van der Waals surface area contributed by atoms with Gasteiger partial charge in [-0.2, -0.15) is 0 Å². The lowest BCUT2D eigenvalue weighted by Gasteiger charge is -2.08. The van der Waals surface area contributed by atoms with Crippen molar-refractivity contribution < 1.29 is 4.79 Å².